The summed E-state index contributed by atoms with van der Waals surface area (Å²) in [6, 6.07) is 10.2. The van der Waals surface area contributed by atoms with Crippen LogP contribution in [0.2, 0.25) is 0 Å². The first-order valence-corrected chi connectivity index (χ1v) is 12.2. The van der Waals surface area contributed by atoms with Crippen molar-refractivity contribution in [3.05, 3.63) is 35.9 Å². The van der Waals surface area contributed by atoms with E-state index in [4.69, 9.17) is 4.74 Å². The van der Waals surface area contributed by atoms with Crippen LogP contribution in [-0.4, -0.2) is 84.0 Å². The number of fused-ring (bicyclic) bond motifs is 1. The highest BCUT2D eigenvalue weighted by atomic mass is 16.5. The van der Waals surface area contributed by atoms with Crippen LogP contribution in [0.5, 0.6) is 0 Å². The maximum absolute atomic E-state index is 13.3. The average molecular weight is 428 g/mol. The molecule has 1 saturated carbocycles. The number of ether oxygens (including phenoxy) is 1. The Balaban J connectivity index is 1.33. The molecule has 1 aromatic carbocycles. The monoisotopic (exact) mass is 427 g/mol. The number of amides is 2. The Bertz CT molecular complexity index is 731. The number of hydrogen-bond donors (Lipinski definition) is 0. The highest BCUT2D eigenvalue weighted by molar-refractivity contribution is 5.94. The molecule has 0 bridgehead atoms. The molecule has 6 nitrogen and oxygen atoms in total. The smallest absolute Gasteiger partial charge is 0.253 e. The lowest BCUT2D eigenvalue weighted by atomic mass is 9.90. The number of likely N-dealkylation sites (tertiary alicyclic amines) is 1. The summed E-state index contributed by atoms with van der Waals surface area (Å²) in [6.07, 6.45) is 7.70. The van der Waals surface area contributed by atoms with Crippen LogP contribution in [0.3, 0.4) is 0 Å². The lowest BCUT2D eigenvalue weighted by Crippen LogP contribution is -2.58. The SMILES string of the molecule is CCCN(CC(=O)N1CCOC2CCCCC21)C1CCN(C(=O)c2ccccc2)CC1. The zero-order valence-electron chi connectivity index (χ0n) is 18.9. The van der Waals surface area contributed by atoms with Crippen LogP contribution in [0.1, 0.15) is 62.2 Å². The molecule has 2 heterocycles. The van der Waals surface area contributed by atoms with Crippen molar-refractivity contribution in [2.45, 2.75) is 70.1 Å². The fourth-order valence-electron chi connectivity index (χ4n) is 5.55. The van der Waals surface area contributed by atoms with Gasteiger partial charge in [0.05, 0.1) is 25.3 Å². The summed E-state index contributed by atoms with van der Waals surface area (Å²) in [4.78, 5) is 32.5. The van der Waals surface area contributed by atoms with Crippen LogP contribution in [-0.2, 0) is 9.53 Å². The van der Waals surface area contributed by atoms with Crippen LogP contribution >= 0.6 is 0 Å². The van der Waals surface area contributed by atoms with Gasteiger partial charge < -0.3 is 14.5 Å². The van der Waals surface area contributed by atoms with Gasteiger partial charge in [0.1, 0.15) is 0 Å². The number of benzene rings is 1. The second-order valence-corrected chi connectivity index (χ2v) is 9.21. The number of rotatable bonds is 6. The van der Waals surface area contributed by atoms with Gasteiger partial charge in [0.2, 0.25) is 5.91 Å². The normalized spacial score (nSPS) is 24.8. The van der Waals surface area contributed by atoms with Gasteiger partial charge in [-0.15, -0.1) is 0 Å². The molecule has 4 rings (SSSR count). The van der Waals surface area contributed by atoms with Crippen LogP contribution in [0, 0.1) is 0 Å². The second kappa shape index (κ2) is 10.6. The minimum atomic E-state index is 0.119. The quantitative estimate of drug-likeness (QED) is 0.700. The summed E-state index contributed by atoms with van der Waals surface area (Å²) in [5, 5.41) is 0. The summed E-state index contributed by atoms with van der Waals surface area (Å²) >= 11 is 0. The molecule has 31 heavy (non-hydrogen) atoms. The van der Waals surface area contributed by atoms with E-state index in [9.17, 15) is 9.59 Å². The van der Waals surface area contributed by atoms with Crippen LogP contribution in [0.15, 0.2) is 30.3 Å². The van der Waals surface area contributed by atoms with Crippen LogP contribution in [0.4, 0.5) is 0 Å². The van der Waals surface area contributed by atoms with Crippen LogP contribution < -0.4 is 0 Å². The molecule has 3 fully saturated rings. The predicted octanol–water partition coefficient (Wildman–Crippen LogP) is 3.17. The van der Waals surface area contributed by atoms with Crippen molar-refractivity contribution in [3.8, 4) is 0 Å². The summed E-state index contributed by atoms with van der Waals surface area (Å²) in [7, 11) is 0. The van der Waals surface area contributed by atoms with Gasteiger partial charge in [-0.3, -0.25) is 14.5 Å². The van der Waals surface area contributed by atoms with Gasteiger partial charge in [0.25, 0.3) is 5.91 Å². The number of hydrogen-bond acceptors (Lipinski definition) is 4. The minimum absolute atomic E-state index is 0.119. The Kier molecular flexibility index (Phi) is 7.62. The Morgan fingerprint density at radius 1 is 1.03 bits per heavy atom. The molecule has 1 aliphatic carbocycles. The standard InChI is InChI=1S/C25H37N3O3/c1-2-14-27(19-24(29)28-17-18-31-23-11-7-6-10-22(23)28)21-12-15-26(16-13-21)25(30)20-8-4-3-5-9-20/h3-5,8-9,21-23H,2,6-7,10-19H2,1H3. The number of carbonyl (C=O) groups excluding carboxylic acids is 2. The summed E-state index contributed by atoms with van der Waals surface area (Å²) in [5.74, 6) is 0.380. The van der Waals surface area contributed by atoms with Crippen LogP contribution in [0.25, 0.3) is 0 Å². The van der Waals surface area contributed by atoms with Gasteiger partial charge >= 0.3 is 0 Å². The zero-order valence-corrected chi connectivity index (χ0v) is 18.9. The average Bonchev–Trinajstić information content (AvgIpc) is 2.83. The molecular formula is C25H37N3O3. The van der Waals surface area contributed by atoms with Crippen molar-refractivity contribution in [2.75, 3.05) is 39.3 Å². The molecule has 0 radical (unpaired) electrons. The molecule has 2 unspecified atom stereocenters. The van der Waals surface area contributed by atoms with Crippen molar-refractivity contribution in [2.24, 2.45) is 0 Å². The summed E-state index contributed by atoms with van der Waals surface area (Å²) in [6.45, 7) is 6.52. The maximum atomic E-state index is 13.3. The lowest BCUT2D eigenvalue weighted by Gasteiger charge is -2.45. The van der Waals surface area contributed by atoms with Crippen molar-refractivity contribution >= 4 is 11.8 Å². The molecule has 0 aromatic heterocycles. The third-order valence-corrected chi connectivity index (χ3v) is 7.19. The Morgan fingerprint density at radius 2 is 1.77 bits per heavy atom. The van der Waals surface area contributed by atoms with Crippen molar-refractivity contribution < 1.29 is 14.3 Å². The zero-order chi connectivity index (χ0) is 21.6. The number of piperidine rings is 1. The van der Waals surface area contributed by atoms with Crippen molar-refractivity contribution in [1.29, 1.82) is 0 Å². The fraction of sp³-hybridized carbons (Fsp3) is 0.680. The molecule has 2 saturated heterocycles. The molecule has 0 spiro atoms. The molecule has 2 aliphatic heterocycles. The lowest BCUT2D eigenvalue weighted by molar-refractivity contribution is -0.151. The number of morpholine rings is 1. The van der Waals surface area contributed by atoms with E-state index in [1.165, 1.54) is 12.8 Å². The van der Waals surface area contributed by atoms with E-state index in [-0.39, 0.29) is 24.0 Å². The topological polar surface area (TPSA) is 53.1 Å². The van der Waals surface area contributed by atoms with Gasteiger partial charge in [-0.1, -0.05) is 38.0 Å². The largest absolute Gasteiger partial charge is 0.374 e. The highest BCUT2D eigenvalue weighted by Gasteiger charge is 2.37. The Hall–Kier alpha value is -1.92. The third-order valence-electron chi connectivity index (χ3n) is 7.19. The molecule has 1 aromatic rings. The molecule has 2 amide bonds. The number of carbonyl (C=O) groups is 2. The predicted molar refractivity (Wildman–Crippen MR) is 121 cm³/mol. The first-order chi connectivity index (χ1) is 15.2. The van der Waals surface area contributed by atoms with Gasteiger partial charge in [-0.05, 0) is 50.8 Å². The highest BCUT2D eigenvalue weighted by Crippen LogP contribution is 2.29. The summed E-state index contributed by atoms with van der Waals surface area (Å²) in [5.41, 5.74) is 0.760. The molecule has 6 heteroatoms. The summed E-state index contributed by atoms with van der Waals surface area (Å²) < 4.78 is 5.96. The molecule has 3 aliphatic rings. The molecule has 2 atom stereocenters. The van der Waals surface area contributed by atoms with E-state index in [1.807, 2.05) is 35.2 Å². The maximum Gasteiger partial charge on any atom is 0.253 e. The van der Waals surface area contributed by atoms with Gasteiger partial charge in [-0.2, -0.15) is 0 Å². The second-order valence-electron chi connectivity index (χ2n) is 9.21. The third kappa shape index (κ3) is 5.29. The Labute approximate surface area is 186 Å². The fourth-order valence-corrected chi connectivity index (χ4v) is 5.55. The van der Waals surface area contributed by atoms with Gasteiger partial charge in [-0.25, -0.2) is 0 Å². The van der Waals surface area contributed by atoms with E-state index < -0.39 is 0 Å². The van der Waals surface area contributed by atoms with E-state index in [0.717, 1.165) is 63.8 Å². The van der Waals surface area contributed by atoms with Gasteiger partial charge in [0, 0.05) is 31.2 Å². The molecular weight excluding hydrogens is 390 g/mol. The minimum Gasteiger partial charge on any atom is -0.374 e. The number of nitrogens with zero attached hydrogens (tertiary/aromatic N) is 3. The Morgan fingerprint density at radius 3 is 2.52 bits per heavy atom. The first-order valence-electron chi connectivity index (χ1n) is 12.2. The van der Waals surface area contributed by atoms with E-state index >= 15 is 0 Å². The van der Waals surface area contributed by atoms with E-state index in [1.54, 1.807) is 0 Å². The van der Waals surface area contributed by atoms with Crippen molar-refractivity contribution in [1.82, 2.24) is 14.7 Å². The molecule has 170 valence electrons. The van der Waals surface area contributed by atoms with E-state index in [2.05, 4.69) is 16.7 Å². The first kappa shape index (κ1) is 22.3. The van der Waals surface area contributed by atoms with Crippen molar-refractivity contribution in [3.63, 3.8) is 0 Å². The molecule has 0 N–H and O–H groups in total. The van der Waals surface area contributed by atoms with Gasteiger partial charge in [0.15, 0.2) is 0 Å². The van der Waals surface area contributed by atoms with E-state index in [0.29, 0.717) is 19.2 Å².